The number of hydrogen-bond donors (Lipinski definition) is 2. The van der Waals surface area contributed by atoms with Crippen LogP contribution in [0, 0.1) is 12.7 Å². The predicted octanol–water partition coefficient (Wildman–Crippen LogP) is 1.82. The Morgan fingerprint density at radius 3 is 2.81 bits per heavy atom. The van der Waals surface area contributed by atoms with E-state index < -0.39 is 5.91 Å². The summed E-state index contributed by atoms with van der Waals surface area (Å²) in [6.07, 6.45) is 0.532. The minimum Gasteiger partial charge on any atom is -0.378 e. The van der Waals surface area contributed by atoms with Crippen LogP contribution in [0.2, 0.25) is 0 Å². The molecule has 144 valence electrons. The molecule has 1 saturated heterocycles. The number of nitrogens with zero attached hydrogens (tertiary/aromatic N) is 2. The molecule has 2 heterocycles. The van der Waals surface area contributed by atoms with Gasteiger partial charge in [0.15, 0.2) is 5.13 Å². The highest BCUT2D eigenvalue weighted by atomic mass is 32.1. The Labute approximate surface area is 160 Å². The summed E-state index contributed by atoms with van der Waals surface area (Å²) in [5.74, 6) is -1.08. The van der Waals surface area contributed by atoms with Crippen LogP contribution in [-0.2, 0) is 16.0 Å². The number of halogens is 1. The molecule has 3 rings (SSSR count). The molecular formula is C18H21FN4O3S. The number of carbonyl (C=O) groups excluding carboxylic acids is 2. The van der Waals surface area contributed by atoms with Gasteiger partial charge in [-0.1, -0.05) is 23.5 Å². The molecule has 1 aliphatic heterocycles. The van der Waals surface area contributed by atoms with Gasteiger partial charge in [-0.15, -0.1) is 0 Å². The number of benzene rings is 1. The lowest BCUT2D eigenvalue weighted by molar-refractivity contribution is -0.121. The number of amides is 2. The number of hydrogen-bond acceptors (Lipinski definition) is 6. The highest BCUT2D eigenvalue weighted by molar-refractivity contribution is 7.17. The number of ether oxygens (including phenoxy) is 1. The Kier molecular flexibility index (Phi) is 6.36. The van der Waals surface area contributed by atoms with E-state index in [0.29, 0.717) is 30.2 Å². The van der Waals surface area contributed by atoms with E-state index in [-0.39, 0.29) is 18.1 Å². The van der Waals surface area contributed by atoms with E-state index in [0.717, 1.165) is 23.8 Å². The zero-order chi connectivity index (χ0) is 19.2. The van der Waals surface area contributed by atoms with Gasteiger partial charge in [-0.25, -0.2) is 9.37 Å². The first-order chi connectivity index (χ1) is 13.0. The van der Waals surface area contributed by atoms with Gasteiger partial charge in [-0.2, -0.15) is 0 Å². The van der Waals surface area contributed by atoms with E-state index in [4.69, 9.17) is 4.74 Å². The Balaban J connectivity index is 1.50. The fraction of sp³-hybridized carbons (Fsp3) is 0.389. The molecule has 1 aromatic carbocycles. The van der Waals surface area contributed by atoms with Crippen molar-refractivity contribution in [3.8, 4) is 0 Å². The van der Waals surface area contributed by atoms with Gasteiger partial charge in [-0.05, 0) is 31.0 Å². The van der Waals surface area contributed by atoms with E-state index in [2.05, 4.69) is 20.7 Å². The van der Waals surface area contributed by atoms with Gasteiger partial charge in [0.1, 0.15) is 10.7 Å². The van der Waals surface area contributed by atoms with Crippen LogP contribution < -0.4 is 15.8 Å². The highest BCUT2D eigenvalue weighted by Crippen LogP contribution is 2.26. The molecule has 2 amide bonds. The maximum atomic E-state index is 13.1. The van der Waals surface area contributed by atoms with E-state index >= 15 is 0 Å². The highest BCUT2D eigenvalue weighted by Gasteiger charge is 2.20. The monoisotopic (exact) mass is 392 g/mol. The zero-order valence-electron chi connectivity index (χ0n) is 15.0. The smallest absolute Gasteiger partial charge is 0.281 e. The first-order valence-corrected chi connectivity index (χ1v) is 9.48. The molecule has 0 bridgehead atoms. The lowest BCUT2D eigenvalue weighted by atomic mass is 10.1. The second-order valence-corrected chi connectivity index (χ2v) is 7.12. The van der Waals surface area contributed by atoms with Gasteiger partial charge in [0.25, 0.3) is 5.91 Å². The first kappa shape index (κ1) is 19.2. The standard InChI is InChI=1S/C18H21FN4O3S/c1-12-16(27-18(20-12)23-7-9-26-10-8-23)17(25)22-21-15(24)6-5-13-3-2-4-14(19)11-13/h2-4,11H,5-10H2,1H3,(H,21,24)(H,22,25). The third kappa shape index (κ3) is 5.24. The summed E-state index contributed by atoms with van der Waals surface area (Å²) in [6.45, 7) is 4.53. The maximum absolute atomic E-state index is 13.1. The molecule has 0 saturated carbocycles. The van der Waals surface area contributed by atoms with Crippen LogP contribution >= 0.6 is 11.3 Å². The van der Waals surface area contributed by atoms with Crippen LogP contribution in [0.4, 0.5) is 9.52 Å². The van der Waals surface area contributed by atoms with Crippen LogP contribution in [0.25, 0.3) is 0 Å². The van der Waals surface area contributed by atoms with Crippen molar-refractivity contribution in [1.82, 2.24) is 15.8 Å². The molecular weight excluding hydrogens is 371 g/mol. The van der Waals surface area contributed by atoms with Gasteiger partial charge >= 0.3 is 0 Å². The number of morpholine rings is 1. The van der Waals surface area contributed by atoms with Crippen LogP contribution in [-0.4, -0.2) is 43.1 Å². The molecule has 7 nitrogen and oxygen atoms in total. The Morgan fingerprint density at radius 2 is 2.07 bits per heavy atom. The number of rotatable bonds is 5. The van der Waals surface area contributed by atoms with Gasteiger partial charge in [0.05, 0.1) is 18.9 Å². The van der Waals surface area contributed by atoms with Crippen molar-refractivity contribution in [3.63, 3.8) is 0 Å². The van der Waals surface area contributed by atoms with Crippen molar-refractivity contribution >= 4 is 28.3 Å². The van der Waals surface area contributed by atoms with E-state index in [1.807, 2.05) is 0 Å². The summed E-state index contributed by atoms with van der Waals surface area (Å²) >= 11 is 1.29. The van der Waals surface area contributed by atoms with Crippen LogP contribution in [0.5, 0.6) is 0 Å². The van der Waals surface area contributed by atoms with Gasteiger partial charge in [0, 0.05) is 19.5 Å². The molecule has 9 heteroatoms. The van der Waals surface area contributed by atoms with Crippen LogP contribution in [0.3, 0.4) is 0 Å². The molecule has 0 atom stereocenters. The molecule has 1 aromatic heterocycles. The van der Waals surface area contributed by atoms with Gasteiger partial charge in [0.2, 0.25) is 5.91 Å². The molecule has 0 spiro atoms. The number of hydrazine groups is 1. The van der Waals surface area contributed by atoms with Crippen LogP contribution in [0.1, 0.15) is 27.3 Å². The van der Waals surface area contributed by atoms with Crippen LogP contribution in [0.15, 0.2) is 24.3 Å². The molecule has 2 N–H and O–H groups in total. The minimum atomic E-state index is -0.399. The molecule has 27 heavy (non-hydrogen) atoms. The summed E-state index contributed by atoms with van der Waals surface area (Å²) in [7, 11) is 0. The van der Waals surface area contributed by atoms with Crippen molar-refractivity contribution in [1.29, 1.82) is 0 Å². The number of thiazole rings is 1. The van der Waals surface area contributed by atoms with Gasteiger partial charge < -0.3 is 9.64 Å². The average Bonchev–Trinajstić information content (AvgIpc) is 3.07. The minimum absolute atomic E-state index is 0.143. The van der Waals surface area contributed by atoms with Gasteiger partial charge in [-0.3, -0.25) is 20.4 Å². The lowest BCUT2D eigenvalue weighted by Gasteiger charge is -2.25. The number of aryl methyl sites for hydroxylation is 2. The molecule has 0 unspecified atom stereocenters. The summed E-state index contributed by atoms with van der Waals surface area (Å²) in [6, 6.07) is 6.10. The average molecular weight is 392 g/mol. The Bertz CT molecular complexity index is 821. The summed E-state index contributed by atoms with van der Waals surface area (Å²) in [4.78, 5) is 31.2. The topological polar surface area (TPSA) is 83.6 Å². The fourth-order valence-electron chi connectivity index (χ4n) is 2.68. The van der Waals surface area contributed by atoms with E-state index in [1.54, 1.807) is 19.1 Å². The normalized spacial score (nSPS) is 14.1. The number of nitrogens with one attached hydrogen (secondary N) is 2. The largest absolute Gasteiger partial charge is 0.378 e. The molecule has 1 fully saturated rings. The number of aromatic nitrogens is 1. The van der Waals surface area contributed by atoms with Crippen molar-refractivity contribution in [2.45, 2.75) is 19.8 Å². The lowest BCUT2D eigenvalue weighted by Crippen LogP contribution is -2.41. The molecule has 2 aromatic rings. The fourth-order valence-corrected chi connectivity index (χ4v) is 3.69. The molecule has 0 aliphatic carbocycles. The van der Waals surface area contributed by atoms with Crippen molar-refractivity contribution < 1.29 is 18.7 Å². The van der Waals surface area contributed by atoms with Crippen molar-refractivity contribution in [2.24, 2.45) is 0 Å². The number of anilines is 1. The predicted molar refractivity (Wildman–Crippen MR) is 100 cm³/mol. The van der Waals surface area contributed by atoms with Crippen molar-refractivity contribution in [3.05, 3.63) is 46.2 Å². The van der Waals surface area contributed by atoms with E-state index in [9.17, 15) is 14.0 Å². The second-order valence-electron chi connectivity index (χ2n) is 6.14. The molecule has 0 radical (unpaired) electrons. The third-order valence-corrected chi connectivity index (χ3v) is 5.34. The van der Waals surface area contributed by atoms with E-state index in [1.165, 1.54) is 23.5 Å². The first-order valence-electron chi connectivity index (χ1n) is 8.66. The molecule has 1 aliphatic rings. The summed E-state index contributed by atoms with van der Waals surface area (Å²) < 4.78 is 18.5. The third-order valence-electron chi connectivity index (χ3n) is 4.12. The van der Waals surface area contributed by atoms with Crippen molar-refractivity contribution in [2.75, 3.05) is 31.2 Å². The summed E-state index contributed by atoms with van der Waals surface area (Å²) in [5.41, 5.74) is 6.16. The maximum Gasteiger partial charge on any atom is 0.281 e. The number of carbonyl (C=O) groups is 2. The second kappa shape index (κ2) is 8.92. The summed E-state index contributed by atoms with van der Waals surface area (Å²) in [5, 5.41) is 0.776. The zero-order valence-corrected chi connectivity index (χ0v) is 15.8. The Hall–Kier alpha value is -2.52. The quantitative estimate of drug-likeness (QED) is 0.759. The SMILES string of the molecule is Cc1nc(N2CCOCC2)sc1C(=O)NNC(=O)CCc1cccc(F)c1. The Morgan fingerprint density at radius 1 is 1.30 bits per heavy atom.